The van der Waals surface area contributed by atoms with Crippen molar-refractivity contribution in [2.24, 2.45) is 0 Å². The quantitative estimate of drug-likeness (QED) is 0.325. The number of amides is 3. The van der Waals surface area contributed by atoms with E-state index in [9.17, 15) is 9.59 Å². The Morgan fingerprint density at radius 2 is 1.79 bits per heavy atom. The number of nitrogens with one attached hydrogen (secondary N) is 1. The smallest absolute Gasteiger partial charge is 0.322 e. The van der Waals surface area contributed by atoms with Gasteiger partial charge < -0.3 is 15.1 Å². The van der Waals surface area contributed by atoms with Crippen molar-refractivity contribution >= 4 is 52.2 Å². The number of carbonyl (C=O) groups is 2. The van der Waals surface area contributed by atoms with Gasteiger partial charge in [-0.2, -0.15) is 0 Å². The average molecular weight is 519 g/mol. The van der Waals surface area contributed by atoms with Crippen molar-refractivity contribution in [3.63, 3.8) is 0 Å². The molecule has 3 rings (SSSR count). The van der Waals surface area contributed by atoms with Crippen LogP contribution >= 0.6 is 34.5 Å². The van der Waals surface area contributed by atoms with Gasteiger partial charge in [0.2, 0.25) is 5.91 Å². The lowest BCUT2D eigenvalue weighted by Crippen LogP contribution is -2.47. The summed E-state index contributed by atoms with van der Waals surface area (Å²) in [5.41, 5.74) is 2.65. The van der Waals surface area contributed by atoms with Gasteiger partial charge in [0.25, 0.3) is 0 Å². The molecule has 0 spiro atoms. The molecule has 1 N–H and O–H groups in total. The predicted octanol–water partition coefficient (Wildman–Crippen LogP) is 7.22. The van der Waals surface area contributed by atoms with E-state index in [4.69, 9.17) is 23.2 Å². The standard InChI is InChI=1S/C26H29Cl2N3O2S/c1-4-19(3)31(26(33)29-23-11-10-21(27)14-22(23)28)17-25(32)30(15-20-8-6-5-7-9-20)16-24-18(2)12-13-34-24/h5-14,19H,4,15-17H2,1-3H3,(H,29,33)/t19-/m0/s1. The minimum Gasteiger partial charge on any atom is -0.332 e. The molecule has 2 aromatic carbocycles. The Morgan fingerprint density at radius 3 is 2.41 bits per heavy atom. The van der Waals surface area contributed by atoms with Gasteiger partial charge in [-0.3, -0.25) is 4.79 Å². The Hall–Kier alpha value is -2.54. The number of anilines is 1. The summed E-state index contributed by atoms with van der Waals surface area (Å²) in [6.45, 7) is 6.89. The van der Waals surface area contributed by atoms with Crippen LogP contribution in [0, 0.1) is 6.92 Å². The Balaban J connectivity index is 1.80. The molecule has 0 aliphatic heterocycles. The minimum absolute atomic E-state index is 0.0384. The van der Waals surface area contributed by atoms with E-state index in [1.807, 2.05) is 61.4 Å². The van der Waals surface area contributed by atoms with Crippen molar-refractivity contribution in [2.45, 2.75) is 46.3 Å². The maximum absolute atomic E-state index is 13.5. The van der Waals surface area contributed by atoms with Crippen LogP contribution in [0.25, 0.3) is 0 Å². The van der Waals surface area contributed by atoms with Crippen molar-refractivity contribution in [2.75, 3.05) is 11.9 Å². The molecule has 0 aliphatic carbocycles. The monoisotopic (exact) mass is 517 g/mol. The molecule has 0 aliphatic rings. The van der Waals surface area contributed by atoms with Crippen molar-refractivity contribution in [3.8, 4) is 0 Å². The lowest BCUT2D eigenvalue weighted by molar-refractivity contribution is -0.133. The molecule has 34 heavy (non-hydrogen) atoms. The van der Waals surface area contributed by atoms with Gasteiger partial charge in [0.05, 0.1) is 17.3 Å². The van der Waals surface area contributed by atoms with Gasteiger partial charge >= 0.3 is 6.03 Å². The zero-order chi connectivity index (χ0) is 24.7. The van der Waals surface area contributed by atoms with Gasteiger partial charge in [-0.25, -0.2) is 4.79 Å². The lowest BCUT2D eigenvalue weighted by Gasteiger charge is -2.31. The highest BCUT2D eigenvalue weighted by Gasteiger charge is 2.26. The van der Waals surface area contributed by atoms with E-state index in [0.29, 0.717) is 35.2 Å². The molecule has 0 saturated carbocycles. The molecular weight excluding hydrogens is 489 g/mol. The summed E-state index contributed by atoms with van der Waals surface area (Å²) < 4.78 is 0. The second-order valence-electron chi connectivity index (χ2n) is 8.20. The molecule has 3 amide bonds. The van der Waals surface area contributed by atoms with Crippen LogP contribution in [0.15, 0.2) is 60.0 Å². The number of benzene rings is 2. The number of halogens is 2. The Labute approximate surface area is 215 Å². The van der Waals surface area contributed by atoms with Crippen LogP contribution in [0.4, 0.5) is 10.5 Å². The number of carbonyl (C=O) groups excluding carboxylic acids is 2. The number of rotatable bonds is 9. The van der Waals surface area contributed by atoms with E-state index in [0.717, 1.165) is 16.0 Å². The number of hydrogen-bond donors (Lipinski definition) is 1. The predicted molar refractivity (Wildman–Crippen MR) is 142 cm³/mol. The maximum atomic E-state index is 13.5. The van der Waals surface area contributed by atoms with Crippen LogP contribution in [-0.4, -0.2) is 34.3 Å². The fraction of sp³-hybridized carbons (Fsp3) is 0.308. The fourth-order valence-corrected chi connectivity index (χ4v) is 4.82. The van der Waals surface area contributed by atoms with E-state index < -0.39 is 0 Å². The largest absolute Gasteiger partial charge is 0.332 e. The minimum atomic E-state index is -0.376. The average Bonchev–Trinajstić information content (AvgIpc) is 3.23. The Kier molecular flexibility index (Phi) is 9.39. The topological polar surface area (TPSA) is 52.7 Å². The second-order valence-corrected chi connectivity index (χ2v) is 10.0. The molecule has 1 heterocycles. The summed E-state index contributed by atoms with van der Waals surface area (Å²) in [6.07, 6.45) is 0.706. The SMILES string of the molecule is CC[C@H](C)N(CC(=O)N(Cc1ccccc1)Cc1sccc1C)C(=O)Nc1ccc(Cl)cc1Cl. The van der Waals surface area contributed by atoms with Gasteiger partial charge in [0.15, 0.2) is 0 Å². The molecule has 0 fully saturated rings. The summed E-state index contributed by atoms with van der Waals surface area (Å²) in [4.78, 5) is 31.3. The van der Waals surface area contributed by atoms with Crippen molar-refractivity contribution in [3.05, 3.63) is 86.0 Å². The van der Waals surface area contributed by atoms with Gasteiger partial charge in [-0.1, -0.05) is 60.5 Å². The normalized spacial score (nSPS) is 11.7. The first kappa shape index (κ1) is 26.1. The van der Waals surface area contributed by atoms with E-state index >= 15 is 0 Å². The zero-order valence-corrected chi connectivity index (χ0v) is 21.9. The summed E-state index contributed by atoms with van der Waals surface area (Å²) in [5.74, 6) is -0.116. The second kappa shape index (κ2) is 12.2. The molecule has 0 saturated heterocycles. The summed E-state index contributed by atoms with van der Waals surface area (Å²) in [7, 11) is 0. The van der Waals surface area contributed by atoms with Gasteiger partial charge in [0.1, 0.15) is 6.54 Å². The molecule has 1 aromatic heterocycles. The number of thiophene rings is 1. The zero-order valence-electron chi connectivity index (χ0n) is 19.6. The number of nitrogens with zero attached hydrogens (tertiary/aromatic N) is 2. The summed E-state index contributed by atoms with van der Waals surface area (Å²) in [5, 5.41) is 5.69. The van der Waals surface area contributed by atoms with Crippen LogP contribution in [0.1, 0.15) is 36.3 Å². The highest BCUT2D eigenvalue weighted by atomic mass is 35.5. The molecule has 5 nitrogen and oxygen atoms in total. The third-order valence-corrected chi connectivity index (χ3v) is 7.29. The lowest BCUT2D eigenvalue weighted by atomic mass is 10.2. The third kappa shape index (κ3) is 6.98. The summed E-state index contributed by atoms with van der Waals surface area (Å²) >= 11 is 13.8. The Bertz CT molecular complexity index is 1120. The number of aryl methyl sites for hydroxylation is 1. The Morgan fingerprint density at radius 1 is 1.06 bits per heavy atom. The molecule has 0 bridgehead atoms. The van der Waals surface area contributed by atoms with Crippen molar-refractivity contribution in [1.29, 1.82) is 0 Å². The molecule has 0 radical (unpaired) electrons. The highest BCUT2D eigenvalue weighted by Crippen LogP contribution is 2.26. The first-order valence-electron chi connectivity index (χ1n) is 11.2. The third-order valence-electron chi connectivity index (χ3n) is 5.73. The van der Waals surface area contributed by atoms with Crippen LogP contribution in [-0.2, 0) is 17.9 Å². The van der Waals surface area contributed by atoms with E-state index in [1.54, 1.807) is 34.4 Å². The van der Waals surface area contributed by atoms with Gasteiger partial charge in [0, 0.05) is 22.5 Å². The first-order valence-corrected chi connectivity index (χ1v) is 12.8. The van der Waals surface area contributed by atoms with E-state index in [1.165, 1.54) is 0 Å². The maximum Gasteiger partial charge on any atom is 0.322 e. The first-order chi connectivity index (χ1) is 16.3. The van der Waals surface area contributed by atoms with E-state index in [2.05, 4.69) is 11.4 Å². The fourth-order valence-electron chi connectivity index (χ4n) is 3.45. The molecule has 3 aromatic rings. The number of urea groups is 1. The summed E-state index contributed by atoms with van der Waals surface area (Å²) in [6, 6.07) is 16.3. The highest BCUT2D eigenvalue weighted by molar-refractivity contribution is 7.10. The molecule has 180 valence electrons. The van der Waals surface area contributed by atoms with Gasteiger partial charge in [-0.15, -0.1) is 11.3 Å². The molecular formula is C26H29Cl2N3O2S. The van der Waals surface area contributed by atoms with Crippen LogP contribution in [0.3, 0.4) is 0 Å². The van der Waals surface area contributed by atoms with E-state index in [-0.39, 0.29) is 24.5 Å². The molecule has 8 heteroatoms. The van der Waals surface area contributed by atoms with Crippen molar-refractivity contribution < 1.29 is 9.59 Å². The van der Waals surface area contributed by atoms with Gasteiger partial charge in [-0.05, 0) is 61.0 Å². The van der Waals surface area contributed by atoms with Crippen LogP contribution in [0.2, 0.25) is 10.0 Å². The molecule has 0 unspecified atom stereocenters. The van der Waals surface area contributed by atoms with Crippen LogP contribution in [0.5, 0.6) is 0 Å². The van der Waals surface area contributed by atoms with Crippen molar-refractivity contribution in [1.82, 2.24) is 9.80 Å². The number of hydrogen-bond acceptors (Lipinski definition) is 3. The molecule has 1 atom stereocenters. The van der Waals surface area contributed by atoms with Crippen LogP contribution < -0.4 is 5.32 Å².